The van der Waals surface area contributed by atoms with Crippen molar-refractivity contribution in [3.8, 4) is 5.69 Å². The van der Waals surface area contributed by atoms with Gasteiger partial charge in [0.05, 0.1) is 18.3 Å². The number of piperazine rings is 1. The monoisotopic (exact) mass is 374 g/mol. The van der Waals surface area contributed by atoms with E-state index in [-0.39, 0.29) is 5.91 Å². The Kier molecular flexibility index (Phi) is 5.83. The predicted octanol–water partition coefficient (Wildman–Crippen LogP) is 2.80. The topological polar surface area (TPSA) is 41.4 Å². The highest BCUT2D eigenvalue weighted by molar-refractivity contribution is 5.78. The predicted molar refractivity (Wildman–Crippen MR) is 110 cm³/mol. The molecule has 0 atom stereocenters. The van der Waals surface area contributed by atoms with Crippen molar-refractivity contribution in [3.05, 3.63) is 84.2 Å². The second-order valence-electron chi connectivity index (χ2n) is 7.26. The molecule has 0 radical (unpaired) electrons. The largest absolute Gasteiger partial charge is 0.340 e. The number of hydrogen-bond acceptors (Lipinski definition) is 3. The zero-order valence-electron chi connectivity index (χ0n) is 16.1. The zero-order valence-corrected chi connectivity index (χ0v) is 16.1. The molecule has 144 valence electrons. The molecule has 5 heteroatoms. The summed E-state index contributed by atoms with van der Waals surface area (Å²) < 4.78 is 1.82. The Morgan fingerprint density at radius 2 is 1.54 bits per heavy atom. The Balaban J connectivity index is 1.25. The first-order valence-electron chi connectivity index (χ1n) is 9.91. The molecule has 1 saturated heterocycles. The average molecular weight is 374 g/mol. The van der Waals surface area contributed by atoms with Gasteiger partial charge >= 0.3 is 0 Å². The molecule has 0 unspecified atom stereocenters. The summed E-state index contributed by atoms with van der Waals surface area (Å²) >= 11 is 0. The van der Waals surface area contributed by atoms with Crippen LogP contribution in [-0.4, -0.2) is 58.2 Å². The van der Waals surface area contributed by atoms with Gasteiger partial charge in [-0.05, 0) is 29.7 Å². The lowest BCUT2D eigenvalue weighted by Crippen LogP contribution is -2.49. The Hall–Kier alpha value is -2.92. The van der Waals surface area contributed by atoms with Gasteiger partial charge in [-0.15, -0.1) is 0 Å². The van der Waals surface area contributed by atoms with Crippen molar-refractivity contribution >= 4 is 5.91 Å². The van der Waals surface area contributed by atoms with Crippen molar-refractivity contribution in [2.45, 2.75) is 12.8 Å². The number of para-hydroxylation sites is 1. The van der Waals surface area contributed by atoms with Crippen LogP contribution in [0.25, 0.3) is 5.69 Å². The van der Waals surface area contributed by atoms with Crippen molar-refractivity contribution in [2.24, 2.45) is 0 Å². The van der Waals surface area contributed by atoms with E-state index in [1.165, 1.54) is 5.56 Å². The highest BCUT2D eigenvalue weighted by Gasteiger charge is 2.21. The van der Waals surface area contributed by atoms with Gasteiger partial charge in [0.25, 0.3) is 0 Å². The summed E-state index contributed by atoms with van der Waals surface area (Å²) in [6.07, 6.45) is 5.22. The van der Waals surface area contributed by atoms with Crippen LogP contribution in [0, 0.1) is 0 Å². The first-order valence-corrected chi connectivity index (χ1v) is 9.91. The summed E-state index contributed by atoms with van der Waals surface area (Å²) in [7, 11) is 0. The third-order valence-electron chi connectivity index (χ3n) is 5.30. The number of benzene rings is 2. The van der Waals surface area contributed by atoms with Crippen LogP contribution in [0.1, 0.15) is 11.1 Å². The molecule has 2 aromatic carbocycles. The fourth-order valence-corrected chi connectivity index (χ4v) is 3.61. The minimum Gasteiger partial charge on any atom is -0.340 e. The number of nitrogens with zero attached hydrogens (tertiary/aromatic N) is 4. The summed E-state index contributed by atoms with van der Waals surface area (Å²) in [6.45, 7) is 4.56. The molecule has 4 rings (SSSR count). The molecule has 0 spiro atoms. The van der Waals surface area contributed by atoms with Gasteiger partial charge in [0.1, 0.15) is 0 Å². The maximum Gasteiger partial charge on any atom is 0.227 e. The van der Waals surface area contributed by atoms with Gasteiger partial charge < -0.3 is 4.90 Å². The quantitative estimate of drug-likeness (QED) is 0.666. The second-order valence-corrected chi connectivity index (χ2v) is 7.26. The smallest absolute Gasteiger partial charge is 0.227 e. The molecule has 1 fully saturated rings. The number of rotatable bonds is 6. The van der Waals surface area contributed by atoms with Crippen LogP contribution >= 0.6 is 0 Å². The first kappa shape index (κ1) is 18.4. The number of aromatic nitrogens is 2. The van der Waals surface area contributed by atoms with E-state index in [1.54, 1.807) is 6.20 Å². The number of hydrogen-bond donors (Lipinski definition) is 0. The van der Waals surface area contributed by atoms with E-state index < -0.39 is 0 Å². The SMILES string of the molecule is O=C(Cc1cnn(-c2ccccc2)c1)N1CCN(CCc2ccccc2)CC1. The van der Waals surface area contributed by atoms with Crippen molar-refractivity contribution in [2.75, 3.05) is 32.7 Å². The van der Waals surface area contributed by atoms with E-state index in [4.69, 9.17) is 0 Å². The normalized spacial score (nSPS) is 14.9. The lowest BCUT2D eigenvalue weighted by atomic mass is 10.1. The molecule has 1 amide bonds. The third kappa shape index (κ3) is 4.67. The second kappa shape index (κ2) is 8.85. The minimum atomic E-state index is 0.190. The molecule has 0 aliphatic carbocycles. The summed E-state index contributed by atoms with van der Waals surface area (Å²) in [4.78, 5) is 17.1. The van der Waals surface area contributed by atoms with Gasteiger partial charge in [-0.2, -0.15) is 5.10 Å². The Morgan fingerprint density at radius 3 is 2.25 bits per heavy atom. The van der Waals surface area contributed by atoms with Crippen LogP contribution in [-0.2, 0) is 17.6 Å². The fourth-order valence-electron chi connectivity index (χ4n) is 3.61. The summed E-state index contributed by atoms with van der Waals surface area (Å²) in [5, 5.41) is 4.39. The average Bonchev–Trinajstić information content (AvgIpc) is 3.22. The van der Waals surface area contributed by atoms with E-state index in [0.29, 0.717) is 6.42 Å². The van der Waals surface area contributed by atoms with Crippen LogP contribution in [0.4, 0.5) is 0 Å². The van der Waals surface area contributed by atoms with Gasteiger partial charge in [-0.1, -0.05) is 48.5 Å². The lowest BCUT2D eigenvalue weighted by Gasteiger charge is -2.34. The lowest BCUT2D eigenvalue weighted by molar-refractivity contribution is -0.132. The van der Waals surface area contributed by atoms with Gasteiger partial charge in [-0.3, -0.25) is 9.69 Å². The van der Waals surface area contributed by atoms with E-state index >= 15 is 0 Å². The van der Waals surface area contributed by atoms with Crippen molar-refractivity contribution in [1.29, 1.82) is 0 Å². The van der Waals surface area contributed by atoms with E-state index in [9.17, 15) is 4.79 Å². The van der Waals surface area contributed by atoms with Crippen LogP contribution in [0.2, 0.25) is 0 Å². The molecule has 0 saturated carbocycles. The molecule has 1 aliphatic rings. The minimum absolute atomic E-state index is 0.190. The number of amides is 1. The molecule has 1 aliphatic heterocycles. The van der Waals surface area contributed by atoms with Crippen molar-refractivity contribution < 1.29 is 4.79 Å². The van der Waals surface area contributed by atoms with Gasteiger partial charge in [0.2, 0.25) is 5.91 Å². The van der Waals surface area contributed by atoms with Gasteiger partial charge in [0.15, 0.2) is 0 Å². The van der Waals surface area contributed by atoms with Crippen LogP contribution < -0.4 is 0 Å². The van der Waals surface area contributed by atoms with E-state index in [1.807, 2.05) is 46.1 Å². The fraction of sp³-hybridized carbons (Fsp3) is 0.304. The van der Waals surface area contributed by atoms with Crippen LogP contribution in [0.3, 0.4) is 0 Å². The molecule has 3 aromatic rings. The zero-order chi connectivity index (χ0) is 19.2. The summed E-state index contributed by atoms with van der Waals surface area (Å²) in [6, 6.07) is 20.6. The first-order chi connectivity index (χ1) is 13.8. The highest BCUT2D eigenvalue weighted by Crippen LogP contribution is 2.11. The molecule has 2 heterocycles. The number of carbonyl (C=O) groups is 1. The molecule has 28 heavy (non-hydrogen) atoms. The Morgan fingerprint density at radius 1 is 0.857 bits per heavy atom. The molecular weight excluding hydrogens is 348 g/mol. The van der Waals surface area contributed by atoms with E-state index in [0.717, 1.165) is 50.4 Å². The molecule has 1 aromatic heterocycles. The van der Waals surface area contributed by atoms with Crippen LogP contribution in [0.5, 0.6) is 0 Å². The van der Waals surface area contributed by atoms with Gasteiger partial charge in [0, 0.05) is 38.9 Å². The molecule has 0 N–H and O–H groups in total. The number of carbonyl (C=O) groups excluding carboxylic acids is 1. The maximum absolute atomic E-state index is 12.7. The van der Waals surface area contributed by atoms with Crippen molar-refractivity contribution in [3.63, 3.8) is 0 Å². The molecule has 0 bridgehead atoms. The maximum atomic E-state index is 12.7. The molecule has 5 nitrogen and oxygen atoms in total. The molecular formula is C23H26N4O. The van der Waals surface area contributed by atoms with Crippen molar-refractivity contribution in [1.82, 2.24) is 19.6 Å². The Labute approximate surface area is 166 Å². The standard InChI is InChI=1S/C23H26N4O/c28-23(17-21-18-24-27(19-21)22-9-5-2-6-10-22)26-15-13-25(14-16-26)12-11-20-7-3-1-4-8-20/h1-10,18-19H,11-17H2. The van der Waals surface area contributed by atoms with Crippen LogP contribution in [0.15, 0.2) is 73.1 Å². The van der Waals surface area contributed by atoms with E-state index in [2.05, 4.69) is 40.3 Å². The summed E-state index contributed by atoms with van der Waals surface area (Å²) in [5.74, 6) is 0.190. The third-order valence-corrected chi connectivity index (χ3v) is 5.30. The highest BCUT2D eigenvalue weighted by atomic mass is 16.2. The van der Waals surface area contributed by atoms with Gasteiger partial charge in [-0.25, -0.2) is 4.68 Å². The summed E-state index contributed by atoms with van der Waals surface area (Å²) in [5.41, 5.74) is 3.34. The Bertz CT molecular complexity index is 883.